The zero-order chi connectivity index (χ0) is 14.0. The fourth-order valence-corrected chi connectivity index (χ4v) is 2.17. The number of anilines is 2. The maximum Gasteiger partial charge on any atom is 0.156 e. The van der Waals surface area contributed by atoms with Gasteiger partial charge < -0.3 is 4.90 Å². The molecule has 1 heterocycles. The highest BCUT2D eigenvalue weighted by Crippen LogP contribution is 2.28. The molecule has 0 aliphatic heterocycles. The SMILES string of the molecule is Cc1cc(C)cc(N(C)c2ncnc(Cl)c2C=O)c1. The highest BCUT2D eigenvalue weighted by atomic mass is 35.5. The Kier molecular flexibility index (Phi) is 3.81. The Labute approximate surface area is 117 Å². The Morgan fingerprint density at radius 3 is 2.37 bits per heavy atom. The fraction of sp³-hybridized carbons (Fsp3) is 0.214. The van der Waals surface area contributed by atoms with E-state index >= 15 is 0 Å². The molecule has 4 nitrogen and oxygen atoms in total. The van der Waals surface area contributed by atoms with Crippen molar-refractivity contribution in [3.63, 3.8) is 0 Å². The van der Waals surface area contributed by atoms with Crippen molar-refractivity contribution in [2.24, 2.45) is 0 Å². The number of hydrogen-bond acceptors (Lipinski definition) is 4. The zero-order valence-corrected chi connectivity index (χ0v) is 11.8. The predicted molar refractivity (Wildman–Crippen MR) is 76.4 cm³/mol. The van der Waals surface area contributed by atoms with Crippen LogP contribution in [0.5, 0.6) is 0 Å². The van der Waals surface area contributed by atoms with E-state index in [1.165, 1.54) is 6.33 Å². The van der Waals surface area contributed by atoms with E-state index in [-0.39, 0.29) is 5.15 Å². The Hall–Kier alpha value is -1.94. The van der Waals surface area contributed by atoms with E-state index < -0.39 is 0 Å². The van der Waals surface area contributed by atoms with Gasteiger partial charge in [0.05, 0.1) is 5.56 Å². The lowest BCUT2D eigenvalue weighted by molar-refractivity contribution is 0.112. The fourth-order valence-electron chi connectivity index (χ4n) is 2.00. The molecule has 0 radical (unpaired) electrons. The van der Waals surface area contributed by atoms with Crippen LogP contribution in [0.1, 0.15) is 21.5 Å². The van der Waals surface area contributed by atoms with Crippen molar-refractivity contribution >= 4 is 29.4 Å². The normalized spacial score (nSPS) is 10.3. The first kappa shape index (κ1) is 13.5. The van der Waals surface area contributed by atoms with Crippen LogP contribution >= 0.6 is 11.6 Å². The van der Waals surface area contributed by atoms with Gasteiger partial charge in [-0.15, -0.1) is 0 Å². The number of hydrogen-bond donors (Lipinski definition) is 0. The summed E-state index contributed by atoms with van der Waals surface area (Å²) in [5, 5.41) is 0.163. The molecule has 0 atom stereocenters. The van der Waals surface area contributed by atoms with Crippen LogP contribution in [0.25, 0.3) is 0 Å². The summed E-state index contributed by atoms with van der Waals surface area (Å²) in [5.41, 5.74) is 3.55. The molecule has 19 heavy (non-hydrogen) atoms. The van der Waals surface area contributed by atoms with Crippen molar-refractivity contribution in [1.29, 1.82) is 0 Å². The van der Waals surface area contributed by atoms with Crippen LogP contribution in [-0.4, -0.2) is 23.3 Å². The van der Waals surface area contributed by atoms with Gasteiger partial charge in [0.2, 0.25) is 0 Å². The van der Waals surface area contributed by atoms with Gasteiger partial charge in [0, 0.05) is 12.7 Å². The smallest absolute Gasteiger partial charge is 0.156 e. The summed E-state index contributed by atoms with van der Waals surface area (Å²) >= 11 is 5.91. The van der Waals surface area contributed by atoms with E-state index in [4.69, 9.17) is 11.6 Å². The predicted octanol–water partition coefficient (Wildman–Crippen LogP) is 3.33. The van der Waals surface area contributed by atoms with Crippen molar-refractivity contribution in [3.8, 4) is 0 Å². The second-order valence-corrected chi connectivity index (χ2v) is 4.78. The highest BCUT2D eigenvalue weighted by Gasteiger charge is 2.14. The number of aromatic nitrogens is 2. The second-order valence-electron chi connectivity index (χ2n) is 4.42. The quantitative estimate of drug-likeness (QED) is 0.637. The van der Waals surface area contributed by atoms with E-state index in [2.05, 4.69) is 16.0 Å². The van der Waals surface area contributed by atoms with Gasteiger partial charge in [-0.25, -0.2) is 9.97 Å². The minimum Gasteiger partial charge on any atom is -0.329 e. The van der Waals surface area contributed by atoms with E-state index in [9.17, 15) is 4.79 Å². The van der Waals surface area contributed by atoms with E-state index in [1.54, 1.807) is 0 Å². The van der Waals surface area contributed by atoms with E-state index in [0.717, 1.165) is 16.8 Å². The number of benzene rings is 1. The van der Waals surface area contributed by atoms with Crippen LogP contribution in [0.2, 0.25) is 5.15 Å². The number of carbonyl (C=O) groups is 1. The molecule has 98 valence electrons. The molecule has 2 aromatic rings. The summed E-state index contributed by atoms with van der Waals surface area (Å²) in [6.07, 6.45) is 2.03. The molecule has 2 rings (SSSR count). The number of aryl methyl sites for hydroxylation is 2. The van der Waals surface area contributed by atoms with Gasteiger partial charge in [-0.05, 0) is 37.1 Å². The van der Waals surface area contributed by atoms with Crippen LogP contribution in [0, 0.1) is 13.8 Å². The lowest BCUT2D eigenvalue weighted by Crippen LogP contribution is -2.14. The van der Waals surface area contributed by atoms with Crippen LogP contribution in [0.15, 0.2) is 24.5 Å². The molecule has 0 amide bonds. The summed E-state index contributed by atoms with van der Waals surface area (Å²) in [4.78, 5) is 20.9. The molecule has 0 saturated carbocycles. The minimum atomic E-state index is 0.163. The number of rotatable bonds is 3. The molecule has 0 saturated heterocycles. The van der Waals surface area contributed by atoms with Crippen molar-refractivity contribution < 1.29 is 4.79 Å². The molecular weight excluding hydrogens is 262 g/mol. The minimum absolute atomic E-state index is 0.163. The summed E-state index contributed by atoms with van der Waals surface area (Å²) in [7, 11) is 1.85. The number of nitrogens with zero attached hydrogens (tertiary/aromatic N) is 3. The molecule has 0 bridgehead atoms. The molecule has 0 aliphatic rings. The topological polar surface area (TPSA) is 46.1 Å². The Morgan fingerprint density at radius 2 is 1.79 bits per heavy atom. The van der Waals surface area contributed by atoms with Gasteiger partial charge in [-0.1, -0.05) is 17.7 Å². The van der Waals surface area contributed by atoms with Gasteiger partial charge in [-0.3, -0.25) is 4.79 Å². The molecular formula is C14H14ClN3O. The molecule has 5 heteroatoms. The highest BCUT2D eigenvalue weighted by molar-refractivity contribution is 6.32. The van der Waals surface area contributed by atoms with Crippen molar-refractivity contribution in [3.05, 3.63) is 46.4 Å². The third kappa shape index (κ3) is 2.74. The van der Waals surface area contributed by atoms with Gasteiger partial charge >= 0.3 is 0 Å². The molecule has 0 aliphatic carbocycles. The molecule has 1 aromatic heterocycles. The number of halogens is 1. The maximum absolute atomic E-state index is 11.1. The second kappa shape index (κ2) is 5.36. The Bertz CT molecular complexity index is 608. The third-order valence-electron chi connectivity index (χ3n) is 2.84. The summed E-state index contributed by atoms with van der Waals surface area (Å²) in [6, 6.07) is 6.14. The molecule has 0 unspecified atom stereocenters. The summed E-state index contributed by atoms with van der Waals surface area (Å²) < 4.78 is 0. The average Bonchev–Trinajstić information content (AvgIpc) is 2.36. The van der Waals surface area contributed by atoms with Crippen LogP contribution in [-0.2, 0) is 0 Å². The number of carbonyl (C=O) groups excluding carboxylic acids is 1. The molecule has 0 N–H and O–H groups in total. The van der Waals surface area contributed by atoms with Gasteiger partial charge in [0.25, 0.3) is 0 Å². The lowest BCUT2D eigenvalue weighted by atomic mass is 10.1. The van der Waals surface area contributed by atoms with Crippen molar-refractivity contribution in [2.75, 3.05) is 11.9 Å². The van der Waals surface area contributed by atoms with Crippen LogP contribution < -0.4 is 4.90 Å². The van der Waals surface area contributed by atoms with Crippen LogP contribution in [0.3, 0.4) is 0 Å². The third-order valence-corrected chi connectivity index (χ3v) is 3.14. The Balaban J connectivity index is 2.52. The molecule has 0 fully saturated rings. The number of aldehydes is 1. The molecule has 1 aromatic carbocycles. The van der Waals surface area contributed by atoms with E-state index in [0.29, 0.717) is 17.7 Å². The lowest BCUT2D eigenvalue weighted by Gasteiger charge is -2.20. The first-order valence-electron chi connectivity index (χ1n) is 5.80. The Morgan fingerprint density at radius 1 is 1.16 bits per heavy atom. The van der Waals surface area contributed by atoms with Gasteiger partial charge in [0.1, 0.15) is 17.3 Å². The van der Waals surface area contributed by atoms with E-state index in [1.807, 2.05) is 37.9 Å². The van der Waals surface area contributed by atoms with Crippen molar-refractivity contribution in [2.45, 2.75) is 13.8 Å². The van der Waals surface area contributed by atoms with Crippen LogP contribution in [0.4, 0.5) is 11.5 Å². The van der Waals surface area contributed by atoms with Gasteiger partial charge in [-0.2, -0.15) is 0 Å². The monoisotopic (exact) mass is 275 g/mol. The first-order chi connectivity index (χ1) is 9.02. The maximum atomic E-state index is 11.1. The standard InChI is InChI=1S/C14H14ClN3O/c1-9-4-10(2)6-11(5-9)18(3)14-12(7-19)13(15)16-8-17-14/h4-8H,1-3H3. The first-order valence-corrected chi connectivity index (χ1v) is 6.18. The largest absolute Gasteiger partial charge is 0.329 e. The molecule has 0 spiro atoms. The van der Waals surface area contributed by atoms with Gasteiger partial charge in [0.15, 0.2) is 6.29 Å². The van der Waals surface area contributed by atoms with Crippen molar-refractivity contribution in [1.82, 2.24) is 9.97 Å². The summed E-state index contributed by atoms with van der Waals surface area (Å²) in [6.45, 7) is 4.05. The summed E-state index contributed by atoms with van der Waals surface area (Å²) in [5.74, 6) is 0.500. The zero-order valence-electron chi connectivity index (χ0n) is 11.0. The average molecular weight is 276 g/mol.